The molecule has 0 atom stereocenters. The van der Waals surface area contributed by atoms with Crippen LogP contribution in [0, 0.1) is 5.82 Å². The van der Waals surface area contributed by atoms with Gasteiger partial charge in [-0.05, 0) is 32.1 Å². The predicted molar refractivity (Wildman–Crippen MR) is 67.7 cm³/mol. The molecule has 0 saturated heterocycles. The van der Waals surface area contributed by atoms with Gasteiger partial charge in [0.15, 0.2) is 11.4 Å². The first-order valence-electron chi connectivity index (χ1n) is 5.88. The predicted octanol–water partition coefficient (Wildman–Crippen LogP) is 3.46. The Morgan fingerprint density at radius 2 is 2.12 bits per heavy atom. The summed E-state index contributed by atoms with van der Waals surface area (Å²) in [6.07, 6.45) is 0.949. The van der Waals surface area contributed by atoms with E-state index in [1.807, 2.05) is 19.2 Å². The van der Waals surface area contributed by atoms with Crippen LogP contribution in [0.4, 0.5) is 4.39 Å². The average molecular weight is 235 g/mol. The second-order valence-electron chi connectivity index (χ2n) is 5.01. The van der Waals surface area contributed by atoms with Gasteiger partial charge in [0.25, 0.3) is 0 Å². The maximum absolute atomic E-state index is 13.5. The van der Waals surface area contributed by atoms with Crippen molar-refractivity contribution in [1.82, 2.24) is 5.32 Å². The van der Waals surface area contributed by atoms with Crippen LogP contribution < -0.4 is 5.32 Å². The molecule has 1 N–H and O–H groups in total. The van der Waals surface area contributed by atoms with Gasteiger partial charge in [-0.1, -0.05) is 26.0 Å². The molecular weight excluding hydrogens is 217 g/mol. The van der Waals surface area contributed by atoms with Gasteiger partial charge in [0, 0.05) is 10.8 Å². The fourth-order valence-electron chi connectivity index (χ4n) is 1.92. The van der Waals surface area contributed by atoms with Crippen molar-refractivity contribution in [2.24, 2.45) is 0 Å². The number of rotatable bonds is 4. The van der Waals surface area contributed by atoms with Crippen LogP contribution in [0.5, 0.6) is 0 Å². The van der Waals surface area contributed by atoms with Gasteiger partial charge in [0.05, 0.1) is 0 Å². The van der Waals surface area contributed by atoms with Crippen molar-refractivity contribution in [2.45, 2.75) is 25.7 Å². The first-order valence-corrected chi connectivity index (χ1v) is 5.88. The molecule has 0 spiro atoms. The highest BCUT2D eigenvalue weighted by Crippen LogP contribution is 2.32. The van der Waals surface area contributed by atoms with E-state index in [-0.39, 0.29) is 11.2 Å². The van der Waals surface area contributed by atoms with E-state index in [0.717, 1.165) is 24.1 Å². The molecule has 0 aliphatic rings. The summed E-state index contributed by atoms with van der Waals surface area (Å²) in [7, 11) is 1.92. The Morgan fingerprint density at radius 1 is 1.35 bits per heavy atom. The van der Waals surface area contributed by atoms with Crippen molar-refractivity contribution in [3.05, 3.63) is 35.8 Å². The maximum atomic E-state index is 13.5. The van der Waals surface area contributed by atoms with Crippen molar-refractivity contribution in [3.8, 4) is 0 Å². The van der Waals surface area contributed by atoms with Crippen LogP contribution in [-0.2, 0) is 5.41 Å². The highest BCUT2D eigenvalue weighted by atomic mass is 19.1. The fourth-order valence-corrected chi connectivity index (χ4v) is 1.92. The van der Waals surface area contributed by atoms with E-state index in [4.69, 9.17) is 4.42 Å². The minimum Gasteiger partial charge on any atom is -0.457 e. The Morgan fingerprint density at radius 3 is 2.76 bits per heavy atom. The van der Waals surface area contributed by atoms with Gasteiger partial charge in [-0.2, -0.15) is 0 Å². The molecule has 0 fully saturated rings. The van der Waals surface area contributed by atoms with E-state index in [1.165, 1.54) is 6.07 Å². The lowest BCUT2D eigenvalue weighted by molar-refractivity contribution is 0.371. The van der Waals surface area contributed by atoms with Gasteiger partial charge < -0.3 is 9.73 Å². The van der Waals surface area contributed by atoms with E-state index >= 15 is 0 Å². The molecule has 2 nitrogen and oxygen atoms in total. The van der Waals surface area contributed by atoms with E-state index in [9.17, 15) is 4.39 Å². The number of fused-ring (bicyclic) bond motifs is 1. The van der Waals surface area contributed by atoms with Crippen molar-refractivity contribution in [2.75, 3.05) is 13.6 Å². The first kappa shape index (κ1) is 12.1. The smallest absolute Gasteiger partial charge is 0.169 e. The summed E-state index contributed by atoms with van der Waals surface area (Å²) in [5.74, 6) is 0.547. The van der Waals surface area contributed by atoms with E-state index in [0.29, 0.717) is 5.58 Å². The summed E-state index contributed by atoms with van der Waals surface area (Å²) in [5, 5.41) is 3.95. The van der Waals surface area contributed by atoms with Gasteiger partial charge in [-0.25, -0.2) is 4.39 Å². The lowest BCUT2D eigenvalue weighted by Crippen LogP contribution is -2.22. The van der Waals surface area contributed by atoms with E-state index in [1.54, 1.807) is 6.07 Å². The average Bonchev–Trinajstić information content (AvgIpc) is 2.72. The molecular formula is C14H18FNO. The number of benzene rings is 1. The molecule has 2 rings (SSSR count). The summed E-state index contributed by atoms with van der Waals surface area (Å²) in [5.41, 5.74) is 0.272. The molecule has 1 aromatic carbocycles. The second-order valence-corrected chi connectivity index (χ2v) is 5.01. The highest BCUT2D eigenvalue weighted by Gasteiger charge is 2.24. The van der Waals surface area contributed by atoms with Crippen LogP contribution in [0.3, 0.4) is 0 Å². The number of nitrogens with one attached hydrogen (secondary N) is 1. The molecule has 92 valence electrons. The Balaban J connectivity index is 2.39. The largest absolute Gasteiger partial charge is 0.457 e. The molecule has 0 aliphatic heterocycles. The molecule has 1 aromatic heterocycles. The number of hydrogen-bond donors (Lipinski definition) is 1. The molecule has 0 saturated carbocycles. The zero-order valence-electron chi connectivity index (χ0n) is 10.5. The second kappa shape index (κ2) is 4.49. The molecule has 2 aromatic rings. The van der Waals surface area contributed by atoms with Gasteiger partial charge in [0.1, 0.15) is 5.76 Å². The minimum absolute atomic E-state index is 0.0888. The first-order chi connectivity index (χ1) is 8.04. The number of para-hydroxylation sites is 1. The molecule has 0 aliphatic carbocycles. The SMILES string of the molecule is CNCCC(C)(C)c1cc2cccc(F)c2o1. The third-order valence-electron chi connectivity index (χ3n) is 3.16. The fraction of sp³-hybridized carbons (Fsp3) is 0.429. The summed E-state index contributed by atoms with van der Waals surface area (Å²) >= 11 is 0. The van der Waals surface area contributed by atoms with Crippen molar-refractivity contribution in [3.63, 3.8) is 0 Å². The van der Waals surface area contributed by atoms with Gasteiger partial charge in [0.2, 0.25) is 0 Å². The van der Waals surface area contributed by atoms with Crippen LogP contribution >= 0.6 is 0 Å². The maximum Gasteiger partial charge on any atom is 0.169 e. The van der Waals surface area contributed by atoms with Crippen LogP contribution in [0.15, 0.2) is 28.7 Å². The Hall–Kier alpha value is -1.35. The lowest BCUT2D eigenvalue weighted by atomic mass is 9.86. The summed E-state index contributed by atoms with van der Waals surface area (Å²) < 4.78 is 19.2. The zero-order chi connectivity index (χ0) is 12.5. The monoisotopic (exact) mass is 235 g/mol. The molecule has 0 bridgehead atoms. The Kier molecular flexibility index (Phi) is 3.20. The normalized spacial score (nSPS) is 12.2. The topological polar surface area (TPSA) is 25.2 Å². The Labute approximate surface area is 101 Å². The third kappa shape index (κ3) is 2.34. The van der Waals surface area contributed by atoms with Gasteiger partial charge in [-0.3, -0.25) is 0 Å². The molecule has 3 heteroatoms. The van der Waals surface area contributed by atoms with Crippen molar-refractivity contribution < 1.29 is 8.81 Å². The van der Waals surface area contributed by atoms with Crippen LogP contribution in [0.1, 0.15) is 26.0 Å². The molecule has 0 amide bonds. The summed E-state index contributed by atoms with van der Waals surface area (Å²) in [4.78, 5) is 0. The van der Waals surface area contributed by atoms with Gasteiger partial charge in [-0.15, -0.1) is 0 Å². The highest BCUT2D eigenvalue weighted by molar-refractivity contribution is 5.78. The third-order valence-corrected chi connectivity index (χ3v) is 3.16. The van der Waals surface area contributed by atoms with Crippen molar-refractivity contribution >= 4 is 11.0 Å². The minimum atomic E-state index is -0.293. The molecule has 17 heavy (non-hydrogen) atoms. The Bertz CT molecular complexity index is 516. The van der Waals surface area contributed by atoms with Crippen molar-refractivity contribution in [1.29, 1.82) is 0 Å². The number of hydrogen-bond acceptors (Lipinski definition) is 2. The summed E-state index contributed by atoms with van der Waals surface area (Å²) in [6.45, 7) is 5.13. The lowest BCUT2D eigenvalue weighted by Gasteiger charge is -2.21. The number of halogens is 1. The van der Waals surface area contributed by atoms with Gasteiger partial charge >= 0.3 is 0 Å². The molecule has 1 heterocycles. The number of furan rings is 1. The zero-order valence-corrected chi connectivity index (χ0v) is 10.5. The van der Waals surface area contributed by atoms with Crippen LogP contribution in [0.2, 0.25) is 0 Å². The van der Waals surface area contributed by atoms with Crippen LogP contribution in [-0.4, -0.2) is 13.6 Å². The summed E-state index contributed by atoms with van der Waals surface area (Å²) in [6, 6.07) is 6.95. The standard InChI is InChI=1S/C14H18FNO/c1-14(2,7-8-16-3)12-9-10-5-4-6-11(15)13(10)17-12/h4-6,9,16H,7-8H2,1-3H3. The molecule has 0 unspecified atom stereocenters. The quantitative estimate of drug-likeness (QED) is 0.878. The van der Waals surface area contributed by atoms with E-state index in [2.05, 4.69) is 19.2 Å². The van der Waals surface area contributed by atoms with E-state index < -0.39 is 0 Å². The van der Waals surface area contributed by atoms with Crippen LogP contribution in [0.25, 0.3) is 11.0 Å². The molecule has 0 radical (unpaired) electrons.